The van der Waals surface area contributed by atoms with Gasteiger partial charge in [0, 0.05) is 38.7 Å². The maximum Gasteiger partial charge on any atom is 0.222 e. The second-order valence-electron chi connectivity index (χ2n) is 5.98. The molecule has 1 saturated heterocycles. The molecule has 1 aliphatic heterocycles. The molecular weight excluding hydrogens is 332 g/mol. The number of aromatic nitrogens is 1. The van der Waals surface area contributed by atoms with Crippen molar-refractivity contribution in [2.45, 2.75) is 37.9 Å². The Balaban J connectivity index is 1.73. The molecule has 0 aromatic carbocycles. The largest absolute Gasteiger partial charge is 0.364 e. The molecule has 1 aromatic heterocycles. The van der Waals surface area contributed by atoms with E-state index in [0.29, 0.717) is 44.8 Å². The lowest BCUT2D eigenvalue weighted by molar-refractivity contribution is -0.132. The Kier molecular flexibility index (Phi) is 7.19. The van der Waals surface area contributed by atoms with Crippen LogP contribution in [0.5, 0.6) is 0 Å². The van der Waals surface area contributed by atoms with Gasteiger partial charge in [0.15, 0.2) is 0 Å². The number of hydrogen-bond donors (Lipinski definition) is 1. The van der Waals surface area contributed by atoms with E-state index in [1.54, 1.807) is 11.0 Å². The number of carbonyl (C=O) groups excluding carboxylic acids is 1. The molecule has 24 heavy (non-hydrogen) atoms. The predicted octanol–water partition coefficient (Wildman–Crippen LogP) is 0.558. The van der Waals surface area contributed by atoms with Crippen molar-refractivity contribution >= 4 is 15.9 Å². The van der Waals surface area contributed by atoms with E-state index in [1.165, 1.54) is 10.6 Å². The summed E-state index contributed by atoms with van der Waals surface area (Å²) in [6, 6.07) is 1.54. The van der Waals surface area contributed by atoms with Crippen LogP contribution in [-0.2, 0) is 20.6 Å². The van der Waals surface area contributed by atoms with Gasteiger partial charge in [0.25, 0.3) is 0 Å². The molecule has 0 spiro atoms. The molecule has 1 amide bonds. The van der Waals surface area contributed by atoms with E-state index in [0.717, 1.165) is 25.7 Å². The molecule has 8 nitrogen and oxygen atoms in total. The Bertz CT molecular complexity index is 595. The number of rotatable bonds is 9. The second-order valence-corrected chi connectivity index (χ2v) is 7.95. The van der Waals surface area contributed by atoms with Crippen molar-refractivity contribution in [2.75, 3.05) is 32.7 Å². The van der Waals surface area contributed by atoms with Crippen molar-refractivity contribution in [1.29, 1.82) is 0 Å². The zero-order valence-corrected chi connectivity index (χ0v) is 14.7. The van der Waals surface area contributed by atoms with Crippen molar-refractivity contribution < 1.29 is 17.7 Å². The lowest BCUT2D eigenvalue weighted by Crippen LogP contribution is -2.50. The van der Waals surface area contributed by atoms with Crippen LogP contribution in [0.15, 0.2) is 16.9 Å². The highest BCUT2D eigenvalue weighted by Crippen LogP contribution is 2.14. The lowest BCUT2D eigenvalue weighted by Gasteiger charge is -2.34. The molecule has 2 N–H and O–H groups in total. The van der Waals surface area contributed by atoms with Gasteiger partial charge in [-0.2, -0.15) is 4.31 Å². The van der Waals surface area contributed by atoms with Gasteiger partial charge in [-0.1, -0.05) is 18.0 Å². The first-order chi connectivity index (χ1) is 11.5. The molecule has 2 heterocycles. The summed E-state index contributed by atoms with van der Waals surface area (Å²) in [4.78, 5) is 13.9. The Labute approximate surface area is 143 Å². The van der Waals surface area contributed by atoms with E-state index >= 15 is 0 Å². The fraction of sp³-hybridized carbons (Fsp3) is 0.733. The standard InChI is InChI=1S/C15H26N4O4S/c16-7-4-2-1-3-5-15(20)18-8-10-19(11-9-18)24(21,22)13-14-6-12-23-17-14/h6,12H,1-5,7-11,13,16H2. The monoisotopic (exact) mass is 358 g/mol. The highest BCUT2D eigenvalue weighted by atomic mass is 32.2. The van der Waals surface area contributed by atoms with Crippen LogP contribution in [0.3, 0.4) is 0 Å². The number of sulfonamides is 1. The van der Waals surface area contributed by atoms with Gasteiger partial charge in [-0.15, -0.1) is 0 Å². The highest BCUT2D eigenvalue weighted by molar-refractivity contribution is 7.88. The minimum atomic E-state index is -3.42. The zero-order valence-electron chi connectivity index (χ0n) is 13.9. The van der Waals surface area contributed by atoms with Crippen LogP contribution in [0.4, 0.5) is 0 Å². The molecule has 0 bridgehead atoms. The van der Waals surface area contributed by atoms with Crippen molar-refractivity contribution in [1.82, 2.24) is 14.4 Å². The van der Waals surface area contributed by atoms with Crippen LogP contribution in [-0.4, -0.2) is 61.4 Å². The smallest absolute Gasteiger partial charge is 0.222 e. The van der Waals surface area contributed by atoms with Crippen LogP contribution in [0.1, 0.15) is 37.8 Å². The van der Waals surface area contributed by atoms with Crippen LogP contribution in [0, 0.1) is 0 Å². The Morgan fingerprint density at radius 3 is 2.50 bits per heavy atom. The van der Waals surface area contributed by atoms with Gasteiger partial charge in [0.05, 0.1) is 5.69 Å². The topological polar surface area (TPSA) is 110 Å². The highest BCUT2D eigenvalue weighted by Gasteiger charge is 2.29. The SMILES string of the molecule is NCCCCCCC(=O)N1CCN(S(=O)(=O)Cc2ccon2)CC1. The number of amides is 1. The first-order valence-corrected chi connectivity index (χ1v) is 9.99. The molecule has 2 rings (SSSR count). The number of piperazine rings is 1. The Morgan fingerprint density at radius 1 is 1.17 bits per heavy atom. The minimum Gasteiger partial charge on any atom is -0.364 e. The van der Waals surface area contributed by atoms with E-state index in [9.17, 15) is 13.2 Å². The number of nitrogens with two attached hydrogens (primary N) is 1. The summed E-state index contributed by atoms with van der Waals surface area (Å²) in [5, 5.41) is 3.64. The van der Waals surface area contributed by atoms with Gasteiger partial charge in [-0.3, -0.25) is 4.79 Å². The van der Waals surface area contributed by atoms with Crippen molar-refractivity contribution in [3.8, 4) is 0 Å². The normalized spacial score (nSPS) is 16.5. The maximum absolute atomic E-state index is 12.3. The lowest BCUT2D eigenvalue weighted by atomic mass is 10.1. The summed E-state index contributed by atoms with van der Waals surface area (Å²) < 4.78 is 30.8. The molecule has 0 unspecified atom stereocenters. The summed E-state index contributed by atoms with van der Waals surface area (Å²) in [6.07, 6.45) is 5.80. The maximum atomic E-state index is 12.3. The van der Waals surface area contributed by atoms with Crippen LogP contribution in [0.2, 0.25) is 0 Å². The fourth-order valence-corrected chi connectivity index (χ4v) is 4.16. The molecular formula is C15H26N4O4S. The van der Waals surface area contributed by atoms with Gasteiger partial charge in [0.2, 0.25) is 15.9 Å². The van der Waals surface area contributed by atoms with Gasteiger partial charge in [-0.05, 0) is 19.4 Å². The van der Waals surface area contributed by atoms with Gasteiger partial charge < -0.3 is 15.2 Å². The van der Waals surface area contributed by atoms with Crippen LogP contribution < -0.4 is 5.73 Å². The molecule has 1 aliphatic rings. The third-order valence-corrected chi connectivity index (χ3v) is 5.96. The molecule has 9 heteroatoms. The molecule has 136 valence electrons. The van der Waals surface area contributed by atoms with E-state index in [2.05, 4.69) is 9.68 Å². The Hall–Kier alpha value is -1.45. The summed E-state index contributed by atoms with van der Waals surface area (Å²) in [5.74, 6) is -0.0604. The third kappa shape index (κ3) is 5.57. The van der Waals surface area contributed by atoms with Crippen LogP contribution in [0.25, 0.3) is 0 Å². The first-order valence-electron chi connectivity index (χ1n) is 8.38. The number of nitrogens with zero attached hydrogens (tertiary/aromatic N) is 3. The number of hydrogen-bond acceptors (Lipinski definition) is 6. The van der Waals surface area contributed by atoms with Crippen LogP contribution >= 0.6 is 0 Å². The molecule has 0 aliphatic carbocycles. The first kappa shape index (κ1) is 18.9. The van der Waals surface area contributed by atoms with E-state index in [1.807, 2.05) is 0 Å². The number of unbranched alkanes of at least 4 members (excludes halogenated alkanes) is 3. The summed E-state index contributed by atoms with van der Waals surface area (Å²) >= 11 is 0. The number of carbonyl (C=O) groups is 1. The van der Waals surface area contributed by atoms with E-state index in [4.69, 9.17) is 5.73 Å². The van der Waals surface area contributed by atoms with Gasteiger partial charge in [-0.25, -0.2) is 8.42 Å². The van der Waals surface area contributed by atoms with E-state index in [-0.39, 0.29) is 11.7 Å². The van der Waals surface area contributed by atoms with Gasteiger partial charge >= 0.3 is 0 Å². The second kappa shape index (κ2) is 9.14. The molecule has 0 radical (unpaired) electrons. The molecule has 1 fully saturated rings. The minimum absolute atomic E-state index is 0.108. The van der Waals surface area contributed by atoms with E-state index < -0.39 is 10.0 Å². The average Bonchev–Trinajstić information content (AvgIpc) is 3.07. The summed E-state index contributed by atoms with van der Waals surface area (Å²) in [6.45, 7) is 2.25. The molecule has 0 atom stereocenters. The third-order valence-electron chi connectivity index (χ3n) is 4.15. The summed E-state index contributed by atoms with van der Waals surface area (Å²) in [5.41, 5.74) is 5.83. The predicted molar refractivity (Wildman–Crippen MR) is 89.4 cm³/mol. The molecule has 1 aromatic rings. The summed E-state index contributed by atoms with van der Waals surface area (Å²) in [7, 11) is -3.42. The molecule has 0 saturated carbocycles. The van der Waals surface area contributed by atoms with Gasteiger partial charge in [0.1, 0.15) is 12.0 Å². The average molecular weight is 358 g/mol. The Morgan fingerprint density at radius 2 is 1.88 bits per heavy atom. The van der Waals surface area contributed by atoms with Crippen molar-refractivity contribution in [2.24, 2.45) is 5.73 Å². The van der Waals surface area contributed by atoms with Crippen molar-refractivity contribution in [3.05, 3.63) is 18.0 Å². The fourth-order valence-electron chi connectivity index (χ4n) is 2.74. The van der Waals surface area contributed by atoms with Crippen molar-refractivity contribution in [3.63, 3.8) is 0 Å². The zero-order chi connectivity index (χ0) is 17.4. The quantitative estimate of drug-likeness (QED) is 0.646.